The van der Waals surface area contributed by atoms with Gasteiger partial charge in [-0.3, -0.25) is 4.98 Å². The van der Waals surface area contributed by atoms with E-state index in [2.05, 4.69) is 27.6 Å². The lowest BCUT2D eigenvalue weighted by molar-refractivity contribution is 1.31. The molecule has 0 saturated carbocycles. The number of nitrogens with zero attached hydrogens (tertiary/aromatic N) is 1. The highest BCUT2D eigenvalue weighted by molar-refractivity contribution is 14.1. The van der Waals surface area contributed by atoms with Gasteiger partial charge in [0, 0.05) is 15.3 Å². The summed E-state index contributed by atoms with van der Waals surface area (Å²) in [6, 6.07) is 7.29. The van der Waals surface area contributed by atoms with Crippen LogP contribution in [0.1, 0.15) is 0 Å². The Balaban J connectivity index is 2.54. The number of hydrogen-bond donors (Lipinski definition) is 0. The number of pyridine rings is 1. The van der Waals surface area contributed by atoms with E-state index < -0.39 is 0 Å². The molecule has 0 saturated heterocycles. The molecule has 2 rings (SSSR count). The Morgan fingerprint density at radius 3 is 2.38 bits per heavy atom. The van der Waals surface area contributed by atoms with Gasteiger partial charge in [-0.2, -0.15) is 0 Å². The summed E-state index contributed by atoms with van der Waals surface area (Å²) in [5.41, 5.74) is 1.78. The van der Waals surface area contributed by atoms with Crippen LogP contribution in [-0.4, -0.2) is 4.98 Å². The Kier molecular flexibility index (Phi) is 3.95. The van der Waals surface area contributed by atoms with Crippen LogP contribution in [0.15, 0.2) is 30.5 Å². The molecule has 0 amide bonds. The van der Waals surface area contributed by atoms with Gasteiger partial charge in [0.2, 0.25) is 0 Å². The number of halogens is 4. The molecule has 0 radical (unpaired) electrons. The molecule has 0 aliphatic heterocycles. The fraction of sp³-hybridized carbons (Fsp3) is 0. The quantitative estimate of drug-likeness (QED) is 0.607. The largest absolute Gasteiger partial charge is 0.254 e. The van der Waals surface area contributed by atoms with Gasteiger partial charge in [0.15, 0.2) is 0 Å². The minimum Gasteiger partial charge on any atom is -0.254 e. The van der Waals surface area contributed by atoms with Gasteiger partial charge in [0.1, 0.15) is 0 Å². The maximum absolute atomic E-state index is 5.96. The zero-order chi connectivity index (χ0) is 11.7. The molecule has 0 fully saturated rings. The van der Waals surface area contributed by atoms with Crippen molar-refractivity contribution >= 4 is 57.4 Å². The Morgan fingerprint density at radius 2 is 1.75 bits per heavy atom. The molecule has 0 unspecified atom stereocenters. The van der Waals surface area contributed by atoms with E-state index in [4.69, 9.17) is 34.8 Å². The highest BCUT2D eigenvalue weighted by Crippen LogP contribution is 2.30. The van der Waals surface area contributed by atoms with E-state index in [1.165, 1.54) is 0 Å². The second kappa shape index (κ2) is 5.08. The molecule has 0 spiro atoms. The predicted molar refractivity (Wildman–Crippen MR) is 77.4 cm³/mol. The standard InChI is InChI=1S/C11H5Cl3IN/c12-7-4-10(15)11(16-5-7)6-1-2-8(13)9(14)3-6/h1-5H. The number of benzene rings is 1. The SMILES string of the molecule is Clc1cnc(-c2ccc(Cl)c(Cl)c2)c(I)c1. The monoisotopic (exact) mass is 383 g/mol. The van der Waals surface area contributed by atoms with Crippen LogP contribution < -0.4 is 0 Å². The van der Waals surface area contributed by atoms with Crippen LogP contribution in [0.5, 0.6) is 0 Å². The Morgan fingerprint density at radius 1 is 1.00 bits per heavy atom. The van der Waals surface area contributed by atoms with Gasteiger partial charge in [-0.25, -0.2) is 0 Å². The van der Waals surface area contributed by atoms with Gasteiger partial charge in [-0.05, 0) is 40.8 Å². The first-order valence-corrected chi connectivity index (χ1v) is 6.55. The molecular formula is C11H5Cl3IN. The van der Waals surface area contributed by atoms with Crippen molar-refractivity contribution in [2.45, 2.75) is 0 Å². The van der Waals surface area contributed by atoms with E-state index in [1.807, 2.05) is 12.1 Å². The molecule has 0 atom stereocenters. The average molecular weight is 384 g/mol. The molecule has 1 aromatic heterocycles. The summed E-state index contributed by atoms with van der Waals surface area (Å²) in [6.45, 7) is 0. The van der Waals surface area contributed by atoms with Gasteiger partial charge < -0.3 is 0 Å². The predicted octanol–water partition coefficient (Wildman–Crippen LogP) is 5.31. The molecule has 1 nitrogen and oxygen atoms in total. The van der Waals surface area contributed by atoms with Crippen molar-refractivity contribution in [1.29, 1.82) is 0 Å². The molecule has 2 aromatic rings. The summed E-state index contributed by atoms with van der Waals surface area (Å²) in [5.74, 6) is 0. The maximum Gasteiger partial charge on any atom is 0.0836 e. The molecule has 0 N–H and O–H groups in total. The molecule has 82 valence electrons. The molecule has 0 aliphatic rings. The van der Waals surface area contributed by atoms with Crippen LogP contribution in [-0.2, 0) is 0 Å². The van der Waals surface area contributed by atoms with Crippen molar-refractivity contribution in [3.63, 3.8) is 0 Å². The Labute approximate surface area is 122 Å². The summed E-state index contributed by atoms with van der Waals surface area (Å²) < 4.78 is 0.975. The topological polar surface area (TPSA) is 12.9 Å². The van der Waals surface area contributed by atoms with E-state index >= 15 is 0 Å². The van der Waals surface area contributed by atoms with Crippen molar-refractivity contribution in [1.82, 2.24) is 4.98 Å². The summed E-state index contributed by atoms with van der Waals surface area (Å²) in [6.07, 6.45) is 1.61. The van der Waals surface area contributed by atoms with Gasteiger partial charge in [0.05, 0.1) is 20.8 Å². The van der Waals surface area contributed by atoms with Gasteiger partial charge >= 0.3 is 0 Å². The van der Waals surface area contributed by atoms with Gasteiger partial charge in [0.25, 0.3) is 0 Å². The highest BCUT2D eigenvalue weighted by atomic mass is 127. The van der Waals surface area contributed by atoms with Crippen molar-refractivity contribution in [3.05, 3.63) is 49.1 Å². The first kappa shape index (κ1) is 12.4. The third-order valence-electron chi connectivity index (χ3n) is 2.00. The van der Waals surface area contributed by atoms with Crippen molar-refractivity contribution in [2.75, 3.05) is 0 Å². The van der Waals surface area contributed by atoms with Gasteiger partial charge in [-0.1, -0.05) is 40.9 Å². The van der Waals surface area contributed by atoms with Crippen LogP contribution in [0, 0.1) is 3.57 Å². The lowest BCUT2D eigenvalue weighted by Gasteiger charge is -2.05. The van der Waals surface area contributed by atoms with Crippen molar-refractivity contribution < 1.29 is 0 Å². The summed E-state index contributed by atoms with van der Waals surface area (Å²) in [7, 11) is 0. The third kappa shape index (κ3) is 2.62. The number of rotatable bonds is 1. The lowest BCUT2D eigenvalue weighted by atomic mass is 10.1. The first-order chi connectivity index (χ1) is 7.58. The summed E-state index contributed by atoms with van der Waals surface area (Å²) >= 11 is 19.9. The third-order valence-corrected chi connectivity index (χ3v) is 3.77. The molecule has 16 heavy (non-hydrogen) atoms. The van der Waals surface area contributed by atoms with Crippen molar-refractivity contribution in [2.24, 2.45) is 0 Å². The number of aromatic nitrogens is 1. The smallest absolute Gasteiger partial charge is 0.0836 e. The van der Waals surface area contributed by atoms with E-state index in [1.54, 1.807) is 18.3 Å². The Hall–Kier alpha value is -0.0300. The van der Waals surface area contributed by atoms with Crippen LogP contribution in [0.3, 0.4) is 0 Å². The van der Waals surface area contributed by atoms with Crippen LogP contribution in [0.2, 0.25) is 15.1 Å². The second-order valence-electron chi connectivity index (χ2n) is 3.11. The lowest BCUT2D eigenvalue weighted by Crippen LogP contribution is -1.88. The fourth-order valence-electron chi connectivity index (χ4n) is 1.27. The van der Waals surface area contributed by atoms with E-state index in [9.17, 15) is 0 Å². The molecule has 1 aromatic carbocycles. The summed E-state index contributed by atoms with van der Waals surface area (Å²) in [5, 5.41) is 1.68. The molecule has 5 heteroatoms. The molecule has 1 heterocycles. The molecule has 0 aliphatic carbocycles. The minimum atomic E-state index is 0.520. The average Bonchev–Trinajstić information content (AvgIpc) is 2.22. The second-order valence-corrected chi connectivity index (χ2v) is 5.53. The van der Waals surface area contributed by atoms with Crippen LogP contribution in [0.25, 0.3) is 11.3 Å². The van der Waals surface area contributed by atoms with E-state index in [0.717, 1.165) is 14.8 Å². The Bertz CT molecular complexity index is 543. The normalized spacial score (nSPS) is 10.5. The zero-order valence-corrected chi connectivity index (χ0v) is 12.3. The zero-order valence-electron chi connectivity index (χ0n) is 7.85. The first-order valence-electron chi connectivity index (χ1n) is 4.34. The number of hydrogen-bond acceptors (Lipinski definition) is 1. The molecule has 0 bridgehead atoms. The van der Waals surface area contributed by atoms with Crippen LogP contribution in [0.4, 0.5) is 0 Å². The maximum atomic E-state index is 5.96. The van der Waals surface area contributed by atoms with Crippen molar-refractivity contribution in [3.8, 4) is 11.3 Å². The van der Waals surface area contributed by atoms with E-state index in [-0.39, 0.29) is 0 Å². The summed E-state index contributed by atoms with van der Waals surface area (Å²) in [4.78, 5) is 4.28. The fourth-order valence-corrected chi connectivity index (χ4v) is 2.70. The minimum absolute atomic E-state index is 0.520. The van der Waals surface area contributed by atoms with Gasteiger partial charge in [-0.15, -0.1) is 0 Å². The van der Waals surface area contributed by atoms with Crippen LogP contribution >= 0.6 is 57.4 Å². The van der Waals surface area contributed by atoms with E-state index in [0.29, 0.717) is 15.1 Å². The highest BCUT2D eigenvalue weighted by Gasteiger charge is 2.07. The molecular weight excluding hydrogens is 379 g/mol.